The molecule has 4 rings (SSSR count). The summed E-state index contributed by atoms with van der Waals surface area (Å²) in [5.41, 5.74) is 5.43. The van der Waals surface area contributed by atoms with E-state index in [2.05, 4.69) is 93.6 Å². The van der Waals surface area contributed by atoms with Crippen LogP contribution in [0, 0.1) is 0 Å². The molecule has 0 saturated heterocycles. The van der Waals surface area contributed by atoms with Crippen LogP contribution in [0.15, 0.2) is 108 Å². The van der Waals surface area contributed by atoms with Crippen LogP contribution in [0.1, 0.15) is 55.9 Å². The van der Waals surface area contributed by atoms with E-state index >= 15 is 0 Å². The van der Waals surface area contributed by atoms with E-state index in [1.807, 2.05) is 36.5 Å². The van der Waals surface area contributed by atoms with Crippen LogP contribution in [0.25, 0.3) is 11.1 Å². The number of hydrogen-bond acceptors (Lipinski definition) is 2. The predicted octanol–water partition coefficient (Wildman–Crippen LogP) is 9.40. The Morgan fingerprint density at radius 2 is 1.24 bits per heavy atom. The van der Waals surface area contributed by atoms with Crippen LogP contribution in [-0.4, -0.2) is 17.4 Å². The van der Waals surface area contributed by atoms with Gasteiger partial charge in [-0.1, -0.05) is 117 Å². The fraction of sp³-hybridized carbons (Fsp3) is 0.219. The zero-order valence-corrected chi connectivity index (χ0v) is 25.5. The van der Waals surface area contributed by atoms with Crippen LogP contribution in [0.2, 0.25) is 0 Å². The Morgan fingerprint density at radius 3 is 1.70 bits per heavy atom. The van der Waals surface area contributed by atoms with Crippen LogP contribution < -0.4 is 0 Å². The van der Waals surface area contributed by atoms with Gasteiger partial charge in [-0.2, -0.15) is 0 Å². The van der Waals surface area contributed by atoms with Crippen LogP contribution in [0.4, 0.5) is 0 Å². The first-order valence-corrected chi connectivity index (χ1v) is 18.9. The Labute approximate surface area is 240 Å². The van der Waals surface area contributed by atoms with Crippen molar-refractivity contribution in [3.8, 4) is 16.9 Å². The minimum atomic E-state index is -0.826. The van der Waals surface area contributed by atoms with Gasteiger partial charge in [0.15, 0.2) is 0 Å². The second kappa shape index (κ2) is 14.7. The van der Waals surface area contributed by atoms with Gasteiger partial charge in [0.2, 0.25) is 0 Å². The molecule has 0 unspecified atom stereocenters. The number of nitrogens with zero attached hydrogens (tertiary/aromatic N) is 1. The van der Waals surface area contributed by atoms with Crippen LogP contribution in [0.5, 0.6) is 5.75 Å². The summed E-state index contributed by atoms with van der Waals surface area (Å²) in [5, 5.41) is 11.9. The fourth-order valence-electron chi connectivity index (χ4n) is 4.71. The van der Waals surface area contributed by atoms with Crippen molar-refractivity contribution in [1.29, 1.82) is 0 Å². The first-order valence-electron chi connectivity index (χ1n) is 12.5. The van der Waals surface area contributed by atoms with Gasteiger partial charge in [0.25, 0.3) is 0 Å². The molecule has 2 nitrogen and oxygen atoms in total. The summed E-state index contributed by atoms with van der Waals surface area (Å²) in [4.78, 5) is 4.86. The van der Waals surface area contributed by atoms with Gasteiger partial charge in [0, 0.05) is 28.8 Å². The number of phenolic OH excluding ortho intramolecular Hbond substituents is 1. The molecule has 0 amide bonds. The van der Waals surface area contributed by atoms with Gasteiger partial charge < -0.3 is 5.11 Å². The van der Waals surface area contributed by atoms with Crippen LogP contribution >= 0.6 is 17.0 Å². The van der Waals surface area contributed by atoms with E-state index in [0.717, 1.165) is 46.2 Å². The number of benzene rings is 4. The first-order chi connectivity index (χ1) is 18.0. The zero-order chi connectivity index (χ0) is 26.7. The van der Waals surface area contributed by atoms with Crippen molar-refractivity contribution >= 4 is 23.2 Å². The van der Waals surface area contributed by atoms with Gasteiger partial charge >= 0.3 is 37.9 Å². The molecule has 0 aliphatic heterocycles. The molecule has 0 saturated carbocycles. The fourth-order valence-corrected chi connectivity index (χ4v) is 4.71. The maximum absolute atomic E-state index is 11.9. The molecule has 0 atom stereocenters. The molecular weight excluding hydrogens is 576 g/mol. The summed E-state index contributed by atoms with van der Waals surface area (Å²) >= 11 is -0.826. The second-order valence-electron chi connectivity index (χ2n) is 8.97. The maximum atomic E-state index is 11.9. The molecule has 0 spiro atoms. The number of phenols is 1. The van der Waals surface area contributed by atoms with Crippen molar-refractivity contribution in [3.63, 3.8) is 0 Å². The summed E-state index contributed by atoms with van der Waals surface area (Å²) in [5.74, 6) is 0.284. The zero-order valence-electron chi connectivity index (χ0n) is 21.5. The van der Waals surface area contributed by atoms with E-state index < -0.39 is 26.3 Å². The van der Waals surface area contributed by atoms with Gasteiger partial charge in [-0.25, -0.2) is 0 Å². The van der Waals surface area contributed by atoms with E-state index in [1.54, 1.807) is 0 Å². The Kier molecular flexibility index (Phi) is 11.6. The van der Waals surface area contributed by atoms with Gasteiger partial charge in [-0.05, 0) is 42.0 Å². The Balaban J connectivity index is 0.00000121. The molecule has 0 heterocycles. The third kappa shape index (κ3) is 7.02. The number of aliphatic imine (C=N–C) groups is 1. The average Bonchev–Trinajstić information content (AvgIpc) is 2.95. The number of rotatable bonds is 8. The summed E-state index contributed by atoms with van der Waals surface area (Å²) in [6.07, 6.45) is 3.83. The summed E-state index contributed by atoms with van der Waals surface area (Å²) in [6, 6.07) is 35.5. The molecule has 0 aliphatic rings. The number of hydrogen-bond donors (Lipinski definition) is 1. The van der Waals surface area contributed by atoms with Crippen molar-refractivity contribution in [1.82, 2.24) is 0 Å². The van der Waals surface area contributed by atoms with E-state index in [0.29, 0.717) is 0 Å². The second-order valence-corrected chi connectivity index (χ2v) is 12.7. The van der Waals surface area contributed by atoms with Gasteiger partial charge in [0.05, 0.1) is 0 Å². The van der Waals surface area contributed by atoms with Crippen molar-refractivity contribution in [2.75, 3.05) is 0 Å². The van der Waals surface area contributed by atoms with E-state index in [9.17, 15) is 5.11 Å². The van der Waals surface area contributed by atoms with Crippen LogP contribution in [0.3, 0.4) is 0 Å². The van der Waals surface area contributed by atoms with Crippen molar-refractivity contribution in [2.24, 2.45) is 4.99 Å². The number of halogens is 2. The quantitative estimate of drug-likeness (QED) is 0.157. The van der Waals surface area contributed by atoms with E-state index in [4.69, 9.17) is 22.0 Å². The average molecular weight is 610 g/mol. The monoisotopic (exact) mass is 607 g/mol. The summed E-state index contributed by atoms with van der Waals surface area (Å²) in [6.45, 7) is 6.50. The van der Waals surface area contributed by atoms with Gasteiger partial charge in [-0.15, -0.1) is 0 Å². The first kappa shape index (κ1) is 29.4. The summed E-state index contributed by atoms with van der Waals surface area (Å²) in [7, 11) is 9.87. The SMILES string of the molecule is CCC(CC)N=Cc1c(-c2ccccc2)ccc(C(C)(c2ccccc2)c2ccccc2)c1O.[Cl][Zr][Cl]. The van der Waals surface area contributed by atoms with Crippen molar-refractivity contribution in [2.45, 2.75) is 45.1 Å². The van der Waals surface area contributed by atoms with Gasteiger partial charge in [0.1, 0.15) is 5.75 Å². The molecule has 190 valence electrons. The van der Waals surface area contributed by atoms with Gasteiger partial charge in [-0.3, -0.25) is 4.99 Å². The molecule has 0 bridgehead atoms. The molecule has 37 heavy (non-hydrogen) atoms. The molecule has 1 N–H and O–H groups in total. The van der Waals surface area contributed by atoms with E-state index in [1.165, 1.54) is 0 Å². The Morgan fingerprint density at radius 1 is 0.784 bits per heavy atom. The third-order valence-electron chi connectivity index (χ3n) is 6.90. The normalized spacial score (nSPS) is 11.3. The molecule has 4 aromatic carbocycles. The third-order valence-corrected chi connectivity index (χ3v) is 6.90. The minimum absolute atomic E-state index is 0.237. The van der Waals surface area contributed by atoms with Crippen molar-refractivity contribution in [3.05, 3.63) is 125 Å². The van der Waals surface area contributed by atoms with Crippen molar-refractivity contribution < 1.29 is 26.0 Å². The van der Waals surface area contributed by atoms with E-state index in [-0.39, 0.29) is 11.8 Å². The molecule has 4 aromatic rings. The van der Waals surface area contributed by atoms with Crippen LogP contribution in [-0.2, 0) is 26.3 Å². The molecule has 0 radical (unpaired) electrons. The summed E-state index contributed by atoms with van der Waals surface area (Å²) < 4.78 is 0. The molecule has 0 aliphatic carbocycles. The molecule has 0 aromatic heterocycles. The molecule has 5 heteroatoms. The number of aromatic hydroxyl groups is 1. The molecular formula is C32H33Cl2NOZr. The molecule has 0 fully saturated rings. The predicted molar refractivity (Wildman–Crippen MR) is 156 cm³/mol. The topological polar surface area (TPSA) is 32.6 Å². The Bertz CT molecular complexity index is 1220. The standard InChI is InChI=1S/C32H33NO.2ClH.Zr/c1-4-27(5-2)33-23-29-28(24-15-9-6-10-16-24)21-22-30(31(29)34)32(3,25-17-11-7-12-18-25)26-19-13-8-14-20-26;;;/h6-23,27,34H,4-5H2,1-3H3;2*1H;/q;;;+2/p-2. The Hall–Kier alpha value is -2.19.